The molecular formula is C33H28N4O. The monoisotopic (exact) mass is 496 g/mol. The van der Waals surface area contributed by atoms with Crippen molar-refractivity contribution < 1.29 is 4.42 Å². The first kappa shape index (κ1) is 22.7. The second-order valence-corrected chi connectivity index (χ2v) is 10.5. The second-order valence-electron chi connectivity index (χ2n) is 10.5. The van der Waals surface area contributed by atoms with E-state index < -0.39 is 0 Å². The van der Waals surface area contributed by atoms with Crippen LogP contribution in [0.25, 0.3) is 61.1 Å². The first-order valence-corrected chi connectivity index (χ1v) is 13.2. The molecule has 0 aliphatic heterocycles. The van der Waals surface area contributed by atoms with Gasteiger partial charge in [-0.05, 0) is 41.2 Å². The van der Waals surface area contributed by atoms with E-state index >= 15 is 0 Å². The van der Waals surface area contributed by atoms with Crippen molar-refractivity contribution in [1.29, 1.82) is 0 Å². The Morgan fingerprint density at radius 1 is 0.658 bits per heavy atom. The van der Waals surface area contributed by atoms with Gasteiger partial charge in [-0.25, -0.2) is 4.98 Å². The molecule has 0 saturated heterocycles. The number of hydrogen-bond acceptors (Lipinski definition) is 4. The highest BCUT2D eigenvalue weighted by Gasteiger charge is 2.26. The minimum atomic E-state index is 0.310. The van der Waals surface area contributed by atoms with E-state index in [2.05, 4.69) is 92.0 Å². The van der Waals surface area contributed by atoms with E-state index in [1.54, 1.807) is 0 Å². The predicted octanol–water partition coefficient (Wildman–Crippen LogP) is 8.78. The summed E-state index contributed by atoms with van der Waals surface area (Å²) in [6, 6.07) is 29.2. The summed E-state index contributed by atoms with van der Waals surface area (Å²) in [6.07, 6.45) is 0. The zero-order valence-electron chi connectivity index (χ0n) is 21.9. The van der Waals surface area contributed by atoms with Gasteiger partial charge in [0.15, 0.2) is 11.5 Å². The lowest BCUT2D eigenvalue weighted by Gasteiger charge is -2.22. The third kappa shape index (κ3) is 3.28. The van der Waals surface area contributed by atoms with Crippen LogP contribution in [0, 0.1) is 0 Å². The SMILES string of the molecule is CC(C)c1cccc(C(C)C)c1-n1c(-c2cccc3c2oc2ccccc23)nc2c3ccccc3nnc21. The molecule has 0 bridgehead atoms. The number of fused-ring (bicyclic) bond motifs is 6. The van der Waals surface area contributed by atoms with E-state index in [-0.39, 0.29) is 0 Å². The van der Waals surface area contributed by atoms with E-state index in [0.29, 0.717) is 11.8 Å². The van der Waals surface area contributed by atoms with Crippen molar-refractivity contribution in [1.82, 2.24) is 19.7 Å². The largest absolute Gasteiger partial charge is 0.455 e. The van der Waals surface area contributed by atoms with Crippen LogP contribution >= 0.6 is 0 Å². The number of rotatable bonds is 4. The van der Waals surface area contributed by atoms with Gasteiger partial charge in [0.2, 0.25) is 0 Å². The minimum absolute atomic E-state index is 0.310. The fourth-order valence-electron chi connectivity index (χ4n) is 5.63. The standard InChI is InChI=1S/C33H28N4O/c1-19(2)21-13-9-14-22(20(3)4)30(21)37-32(34-29-25-12-5-7-17-27(25)35-36-33(29)37)26-16-10-15-24-23-11-6-8-18-28(23)38-31(24)26/h5-20H,1-4H3. The summed E-state index contributed by atoms with van der Waals surface area (Å²) in [6.45, 7) is 8.96. The van der Waals surface area contributed by atoms with Gasteiger partial charge in [0.1, 0.15) is 16.7 Å². The molecule has 0 radical (unpaired) electrons. The van der Waals surface area contributed by atoms with Gasteiger partial charge < -0.3 is 4.42 Å². The molecule has 0 saturated carbocycles. The maximum atomic E-state index is 6.48. The minimum Gasteiger partial charge on any atom is -0.455 e. The molecule has 7 rings (SSSR count). The molecule has 3 aromatic heterocycles. The molecule has 7 aromatic rings. The number of para-hydroxylation sites is 3. The number of furan rings is 1. The zero-order valence-corrected chi connectivity index (χ0v) is 21.9. The highest BCUT2D eigenvalue weighted by atomic mass is 16.3. The molecule has 5 heteroatoms. The van der Waals surface area contributed by atoms with Gasteiger partial charge >= 0.3 is 0 Å². The van der Waals surface area contributed by atoms with Crippen LogP contribution in [0.15, 0.2) is 89.3 Å². The van der Waals surface area contributed by atoms with Crippen LogP contribution < -0.4 is 0 Å². The van der Waals surface area contributed by atoms with Gasteiger partial charge in [-0.15, -0.1) is 10.2 Å². The molecule has 186 valence electrons. The third-order valence-electron chi connectivity index (χ3n) is 7.48. The number of hydrogen-bond donors (Lipinski definition) is 0. The molecule has 5 nitrogen and oxygen atoms in total. The van der Waals surface area contributed by atoms with E-state index in [1.165, 1.54) is 11.1 Å². The van der Waals surface area contributed by atoms with Crippen LogP contribution in [-0.2, 0) is 0 Å². The molecule has 4 aromatic carbocycles. The van der Waals surface area contributed by atoms with Crippen LogP contribution in [0.1, 0.15) is 50.7 Å². The zero-order chi connectivity index (χ0) is 26.0. The molecule has 0 aliphatic carbocycles. The van der Waals surface area contributed by atoms with Gasteiger partial charge in [0, 0.05) is 16.2 Å². The first-order chi connectivity index (χ1) is 18.5. The van der Waals surface area contributed by atoms with Gasteiger partial charge in [0.25, 0.3) is 0 Å². The summed E-state index contributed by atoms with van der Waals surface area (Å²) in [4.78, 5) is 5.31. The Bertz CT molecular complexity index is 1970. The lowest BCUT2D eigenvalue weighted by atomic mass is 9.92. The van der Waals surface area contributed by atoms with Crippen LogP contribution in [0.3, 0.4) is 0 Å². The molecule has 3 heterocycles. The Kier molecular flexibility index (Phi) is 5.08. The van der Waals surface area contributed by atoms with E-state index in [9.17, 15) is 0 Å². The summed E-state index contributed by atoms with van der Waals surface area (Å²) in [5, 5.41) is 12.6. The van der Waals surface area contributed by atoms with Crippen molar-refractivity contribution >= 4 is 44.0 Å². The average molecular weight is 497 g/mol. The van der Waals surface area contributed by atoms with Gasteiger partial charge in [-0.1, -0.05) is 94.4 Å². The fourth-order valence-corrected chi connectivity index (χ4v) is 5.63. The van der Waals surface area contributed by atoms with Gasteiger partial charge in [0.05, 0.1) is 16.8 Å². The lowest BCUT2D eigenvalue weighted by Crippen LogP contribution is -2.09. The third-order valence-corrected chi connectivity index (χ3v) is 7.48. The van der Waals surface area contributed by atoms with Crippen molar-refractivity contribution in [2.24, 2.45) is 0 Å². The number of nitrogens with zero attached hydrogens (tertiary/aromatic N) is 4. The highest BCUT2D eigenvalue weighted by Crippen LogP contribution is 2.41. The highest BCUT2D eigenvalue weighted by molar-refractivity contribution is 6.10. The van der Waals surface area contributed by atoms with Crippen molar-refractivity contribution in [2.45, 2.75) is 39.5 Å². The lowest BCUT2D eigenvalue weighted by molar-refractivity contribution is 0.669. The van der Waals surface area contributed by atoms with Crippen LogP contribution in [0.5, 0.6) is 0 Å². The Morgan fingerprint density at radius 3 is 2.08 bits per heavy atom. The Labute approximate surface area is 220 Å². The van der Waals surface area contributed by atoms with E-state index in [0.717, 1.165) is 61.1 Å². The smallest absolute Gasteiger partial charge is 0.188 e. The molecule has 0 unspecified atom stereocenters. The number of imidazole rings is 1. The number of benzene rings is 4. The molecule has 0 atom stereocenters. The molecule has 0 amide bonds. The molecule has 0 fully saturated rings. The molecule has 0 aliphatic rings. The van der Waals surface area contributed by atoms with Crippen molar-refractivity contribution in [2.75, 3.05) is 0 Å². The molecule has 0 spiro atoms. The summed E-state index contributed by atoms with van der Waals surface area (Å²) >= 11 is 0. The molecular weight excluding hydrogens is 468 g/mol. The van der Waals surface area contributed by atoms with Gasteiger partial charge in [-0.2, -0.15) is 0 Å². The van der Waals surface area contributed by atoms with Crippen LogP contribution in [-0.4, -0.2) is 19.7 Å². The fraction of sp³-hybridized carbons (Fsp3) is 0.182. The second kappa shape index (κ2) is 8.52. The maximum Gasteiger partial charge on any atom is 0.188 e. The average Bonchev–Trinajstić information content (AvgIpc) is 3.51. The normalized spacial score (nSPS) is 12.2. The Balaban J connectivity index is 1.68. The first-order valence-electron chi connectivity index (χ1n) is 13.2. The summed E-state index contributed by atoms with van der Waals surface area (Å²) in [5.74, 6) is 1.43. The van der Waals surface area contributed by atoms with Crippen molar-refractivity contribution in [3.63, 3.8) is 0 Å². The van der Waals surface area contributed by atoms with Crippen molar-refractivity contribution in [3.05, 3.63) is 96.1 Å². The summed E-state index contributed by atoms with van der Waals surface area (Å²) in [5.41, 5.74) is 8.70. The topological polar surface area (TPSA) is 56.7 Å². The van der Waals surface area contributed by atoms with Crippen LogP contribution in [0.4, 0.5) is 0 Å². The molecule has 38 heavy (non-hydrogen) atoms. The van der Waals surface area contributed by atoms with E-state index in [4.69, 9.17) is 14.5 Å². The van der Waals surface area contributed by atoms with Crippen molar-refractivity contribution in [3.8, 4) is 17.1 Å². The van der Waals surface area contributed by atoms with Gasteiger partial charge in [-0.3, -0.25) is 4.57 Å². The number of aromatic nitrogens is 4. The van der Waals surface area contributed by atoms with E-state index in [1.807, 2.05) is 30.3 Å². The summed E-state index contributed by atoms with van der Waals surface area (Å²) < 4.78 is 8.70. The van der Waals surface area contributed by atoms with Crippen LogP contribution in [0.2, 0.25) is 0 Å². The Hall–Kier alpha value is -4.51. The quantitative estimate of drug-likeness (QED) is 0.244. The molecule has 0 N–H and O–H groups in total. The maximum absolute atomic E-state index is 6.48. The predicted molar refractivity (Wildman–Crippen MR) is 155 cm³/mol. The summed E-state index contributed by atoms with van der Waals surface area (Å²) in [7, 11) is 0. The Morgan fingerprint density at radius 2 is 1.32 bits per heavy atom.